The van der Waals surface area contributed by atoms with Crippen molar-refractivity contribution in [1.29, 1.82) is 0 Å². The lowest BCUT2D eigenvalue weighted by Gasteiger charge is -2.38. The van der Waals surface area contributed by atoms with Crippen molar-refractivity contribution in [3.8, 4) is 5.75 Å². The zero-order chi connectivity index (χ0) is 28.1. The van der Waals surface area contributed by atoms with Crippen LogP contribution in [0.15, 0.2) is 60.7 Å². The summed E-state index contributed by atoms with van der Waals surface area (Å²) in [6.45, 7) is 16.1. The number of nitrogen functional groups attached to an aromatic ring is 1. The Labute approximate surface area is 241 Å². The van der Waals surface area contributed by atoms with E-state index in [0.717, 1.165) is 69.2 Å². The standard InChI is InChI=1S/C35H47N3O2/c1-26-27(2)33-31(28(3)32(26)36)24-35(4,40-33)25-38-21-19-37(20-22-38)18-12-7-13-23-39-34(29-14-8-5-9-15-29)30-16-10-6-11-17-30/h5-6,8-11,14-17,34H,7,12-13,18-25,36H2,1-4H3. The quantitative estimate of drug-likeness (QED) is 0.222. The summed E-state index contributed by atoms with van der Waals surface area (Å²) in [6, 6.07) is 21.1. The molecule has 3 aromatic carbocycles. The van der Waals surface area contributed by atoms with Crippen LogP contribution >= 0.6 is 0 Å². The van der Waals surface area contributed by atoms with Crippen molar-refractivity contribution in [3.63, 3.8) is 0 Å². The third-order valence-corrected chi connectivity index (χ3v) is 8.97. The van der Waals surface area contributed by atoms with Gasteiger partial charge >= 0.3 is 0 Å². The molecule has 1 atom stereocenters. The van der Waals surface area contributed by atoms with Crippen molar-refractivity contribution in [3.05, 3.63) is 94.0 Å². The van der Waals surface area contributed by atoms with Crippen LogP contribution in [0.3, 0.4) is 0 Å². The normalized spacial score (nSPS) is 19.6. The molecule has 3 aromatic rings. The number of nitrogens with zero attached hydrogens (tertiary/aromatic N) is 2. The minimum atomic E-state index is -0.183. The van der Waals surface area contributed by atoms with E-state index in [4.69, 9.17) is 15.2 Å². The number of ether oxygens (including phenoxy) is 2. The molecular weight excluding hydrogens is 494 g/mol. The van der Waals surface area contributed by atoms with E-state index in [2.05, 4.69) is 98.2 Å². The Morgan fingerprint density at radius 3 is 2.02 bits per heavy atom. The molecule has 0 bridgehead atoms. The monoisotopic (exact) mass is 541 g/mol. The van der Waals surface area contributed by atoms with Crippen molar-refractivity contribution >= 4 is 5.69 Å². The van der Waals surface area contributed by atoms with Gasteiger partial charge in [-0.1, -0.05) is 60.7 Å². The molecule has 0 radical (unpaired) electrons. The number of hydrogen-bond acceptors (Lipinski definition) is 5. The summed E-state index contributed by atoms with van der Waals surface area (Å²) in [6.07, 6.45) is 4.46. The predicted molar refractivity (Wildman–Crippen MR) is 165 cm³/mol. The van der Waals surface area contributed by atoms with Crippen LogP contribution in [0.25, 0.3) is 0 Å². The Balaban J connectivity index is 1.02. The zero-order valence-electron chi connectivity index (χ0n) is 24.9. The SMILES string of the molecule is Cc1c(C)c2c(c(C)c1N)CC(C)(CN1CCN(CCCCCOC(c3ccccc3)c3ccccc3)CC1)O2. The number of hydrogen-bond donors (Lipinski definition) is 1. The first-order valence-corrected chi connectivity index (χ1v) is 15.1. The Kier molecular flexibility index (Phi) is 9.14. The maximum atomic E-state index is 6.62. The molecule has 1 unspecified atom stereocenters. The Morgan fingerprint density at radius 1 is 0.800 bits per heavy atom. The van der Waals surface area contributed by atoms with Gasteiger partial charge in [0.05, 0.1) is 0 Å². The third-order valence-electron chi connectivity index (χ3n) is 8.97. The fourth-order valence-corrected chi connectivity index (χ4v) is 6.41. The number of benzene rings is 3. The summed E-state index contributed by atoms with van der Waals surface area (Å²) < 4.78 is 13.0. The molecular formula is C35H47N3O2. The predicted octanol–water partition coefficient (Wildman–Crippen LogP) is 6.48. The van der Waals surface area contributed by atoms with E-state index in [1.807, 2.05) is 0 Å². The summed E-state index contributed by atoms with van der Waals surface area (Å²) in [4.78, 5) is 5.21. The van der Waals surface area contributed by atoms with Gasteiger partial charge in [0, 0.05) is 57.0 Å². The van der Waals surface area contributed by atoms with Crippen LogP contribution in [0.1, 0.15) is 65.7 Å². The smallest absolute Gasteiger partial charge is 0.127 e. The fraction of sp³-hybridized carbons (Fsp3) is 0.486. The summed E-state index contributed by atoms with van der Waals surface area (Å²) >= 11 is 0. The van der Waals surface area contributed by atoms with Crippen LogP contribution in [-0.4, -0.2) is 61.3 Å². The molecule has 214 valence electrons. The first-order chi connectivity index (χ1) is 19.3. The van der Waals surface area contributed by atoms with Crippen molar-refractivity contribution in [2.24, 2.45) is 0 Å². The molecule has 0 aliphatic carbocycles. The van der Waals surface area contributed by atoms with Gasteiger partial charge in [0.25, 0.3) is 0 Å². The maximum absolute atomic E-state index is 6.62. The molecule has 2 heterocycles. The Hall–Kier alpha value is -2.86. The van der Waals surface area contributed by atoms with Gasteiger partial charge < -0.3 is 20.1 Å². The van der Waals surface area contributed by atoms with Gasteiger partial charge in [0.15, 0.2) is 0 Å². The lowest BCUT2D eigenvalue weighted by atomic mass is 9.91. The van der Waals surface area contributed by atoms with E-state index < -0.39 is 0 Å². The largest absolute Gasteiger partial charge is 0.485 e. The molecule has 2 aliphatic rings. The highest BCUT2D eigenvalue weighted by Crippen LogP contribution is 2.44. The zero-order valence-corrected chi connectivity index (χ0v) is 24.9. The van der Waals surface area contributed by atoms with E-state index in [9.17, 15) is 0 Å². The molecule has 5 rings (SSSR count). The van der Waals surface area contributed by atoms with Gasteiger partial charge in [-0.2, -0.15) is 0 Å². The molecule has 1 saturated heterocycles. The molecule has 5 nitrogen and oxygen atoms in total. The molecule has 0 spiro atoms. The summed E-state index contributed by atoms with van der Waals surface area (Å²) in [7, 11) is 0. The maximum Gasteiger partial charge on any atom is 0.127 e. The number of rotatable bonds is 11. The highest BCUT2D eigenvalue weighted by molar-refractivity contribution is 5.66. The van der Waals surface area contributed by atoms with Gasteiger partial charge in [-0.05, 0) is 81.3 Å². The van der Waals surface area contributed by atoms with Crippen LogP contribution in [-0.2, 0) is 11.2 Å². The summed E-state index contributed by atoms with van der Waals surface area (Å²) in [5.74, 6) is 1.08. The lowest BCUT2D eigenvalue weighted by molar-refractivity contribution is 0.0372. The summed E-state index contributed by atoms with van der Waals surface area (Å²) in [5, 5.41) is 0. The average Bonchev–Trinajstić information content (AvgIpc) is 3.33. The second kappa shape index (κ2) is 12.8. The number of piperazine rings is 1. The molecule has 40 heavy (non-hydrogen) atoms. The van der Waals surface area contributed by atoms with E-state index in [1.165, 1.54) is 47.2 Å². The minimum Gasteiger partial charge on any atom is -0.485 e. The molecule has 5 heteroatoms. The van der Waals surface area contributed by atoms with E-state index >= 15 is 0 Å². The van der Waals surface area contributed by atoms with Crippen molar-refractivity contribution in [2.75, 3.05) is 51.6 Å². The highest BCUT2D eigenvalue weighted by Gasteiger charge is 2.39. The van der Waals surface area contributed by atoms with Gasteiger partial charge in [0.1, 0.15) is 17.5 Å². The number of nitrogens with two attached hydrogens (primary N) is 1. The van der Waals surface area contributed by atoms with E-state index in [1.54, 1.807) is 0 Å². The van der Waals surface area contributed by atoms with Crippen LogP contribution in [0.2, 0.25) is 0 Å². The Bertz CT molecular complexity index is 1180. The van der Waals surface area contributed by atoms with Gasteiger partial charge in [-0.15, -0.1) is 0 Å². The second-order valence-electron chi connectivity index (χ2n) is 12.1. The number of unbranched alkanes of at least 4 members (excludes halogenated alkanes) is 2. The van der Waals surface area contributed by atoms with E-state index in [-0.39, 0.29) is 11.7 Å². The van der Waals surface area contributed by atoms with Gasteiger partial charge in [-0.25, -0.2) is 0 Å². The van der Waals surface area contributed by atoms with Crippen LogP contribution in [0, 0.1) is 20.8 Å². The van der Waals surface area contributed by atoms with Crippen molar-refractivity contribution in [2.45, 2.75) is 65.1 Å². The molecule has 0 aromatic heterocycles. The van der Waals surface area contributed by atoms with Crippen LogP contribution < -0.4 is 10.5 Å². The second-order valence-corrected chi connectivity index (χ2v) is 12.1. The van der Waals surface area contributed by atoms with Gasteiger partial charge in [0.2, 0.25) is 0 Å². The first-order valence-electron chi connectivity index (χ1n) is 15.1. The highest BCUT2D eigenvalue weighted by atomic mass is 16.5. The molecule has 1 fully saturated rings. The van der Waals surface area contributed by atoms with E-state index in [0.29, 0.717) is 0 Å². The molecule has 0 amide bonds. The van der Waals surface area contributed by atoms with Gasteiger partial charge in [-0.3, -0.25) is 4.90 Å². The number of anilines is 1. The van der Waals surface area contributed by atoms with Crippen LogP contribution in [0.4, 0.5) is 5.69 Å². The third kappa shape index (κ3) is 6.54. The summed E-state index contributed by atoms with van der Waals surface area (Å²) in [5.41, 5.74) is 14.4. The topological polar surface area (TPSA) is 51.0 Å². The average molecular weight is 542 g/mol. The number of fused-ring (bicyclic) bond motifs is 1. The lowest BCUT2D eigenvalue weighted by Crippen LogP contribution is -2.52. The minimum absolute atomic E-state index is 0.00295. The molecule has 2 aliphatic heterocycles. The van der Waals surface area contributed by atoms with Crippen molar-refractivity contribution < 1.29 is 9.47 Å². The molecule has 0 saturated carbocycles. The van der Waals surface area contributed by atoms with Crippen molar-refractivity contribution in [1.82, 2.24) is 9.80 Å². The molecule has 2 N–H and O–H groups in total. The Morgan fingerprint density at radius 2 is 1.40 bits per heavy atom. The van der Waals surface area contributed by atoms with Crippen LogP contribution in [0.5, 0.6) is 5.75 Å². The first kappa shape index (κ1) is 28.7. The fourth-order valence-electron chi connectivity index (χ4n) is 6.41.